The number of thiocarbonyl (C=S) groups is 1. The van der Waals surface area contributed by atoms with Crippen LogP contribution in [0.25, 0.3) is 6.08 Å². The third kappa shape index (κ3) is 5.83. The summed E-state index contributed by atoms with van der Waals surface area (Å²) in [5.74, 6) is -0.0743. The molecule has 0 saturated heterocycles. The number of nitrogens with one attached hydrogen (secondary N) is 1. The summed E-state index contributed by atoms with van der Waals surface area (Å²) in [6, 6.07) is 14.0. The van der Waals surface area contributed by atoms with E-state index in [1.54, 1.807) is 48.7 Å². The maximum Gasteiger partial charge on any atom is 0.336 e. The van der Waals surface area contributed by atoms with Gasteiger partial charge >= 0.3 is 5.97 Å². The molecule has 0 saturated carbocycles. The molecule has 0 heterocycles. The van der Waals surface area contributed by atoms with Gasteiger partial charge < -0.3 is 10.5 Å². The molecule has 0 amide bonds. The Morgan fingerprint density at radius 2 is 1.92 bits per heavy atom. The van der Waals surface area contributed by atoms with Crippen molar-refractivity contribution in [3.05, 3.63) is 70.8 Å². The van der Waals surface area contributed by atoms with Gasteiger partial charge in [0.25, 0.3) is 0 Å². The third-order valence-corrected chi connectivity index (χ3v) is 3.23. The minimum atomic E-state index is -0.494. The summed E-state index contributed by atoms with van der Waals surface area (Å²) in [6.45, 7) is 0. The molecule has 0 aromatic heterocycles. The summed E-state index contributed by atoms with van der Waals surface area (Å²) in [6.07, 6.45) is 4.47. The molecular formula is C17H14ClN3O2S. The van der Waals surface area contributed by atoms with Crippen LogP contribution in [0.4, 0.5) is 0 Å². The van der Waals surface area contributed by atoms with E-state index in [1.807, 2.05) is 12.1 Å². The number of ether oxygens (including phenoxy) is 1. The van der Waals surface area contributed by atoms with Crippen molar-refractivity contribution in [2.24, 2.45) is 10.8 Å². The molecule has 0 radical (unpaired) electrons. The van der Waals surface area contributed by atoms with Crippen LogP contribution >= 0.6 is 23.8 Å². The van der Waals surface area contributed by atoms with Gasteiger partial charge in [-0.15, -0.1) is 0 Å². The van der Waals surface area contributed by atoms with Crippen molar-refractivity contribution in [2.75, 3.05) is 0 Å². The number of hydrogen-bond acceptors (Lipinski definition) is 4. The molecule has 0 atom stereocenters. The highest BCUT2D eigenvalue weighted by molar-refractivity contribution is 7.80. The smallest absolute Gasteiger partial charge is 0.336 e. The van der Waals surface area contributed by atoms with Crippen molar-refractivity contribution in [3.63, 3.8) is 0 Å². The number of carbonyl (C=O) groups excluding carboxylic acids is 1. The van der Waals surface area contributed by atoms with Crippen molar-refractivity contribution in [1.29, 1.82) is 0 Å². The van der Waals surface area contributed by atoms with Gasteiger partial charge in [0, 0.05) is 11.1 Å². The average molecular weight is 360 g/mol. The van der Waals surface area contributed by atoms with Gasteiger partial charge in [-0.25, -0.2) is 4.79 Å². The number of hydrazone groups is 1. The minimum absolute atomic E-state index is 0.0853. The van der Waals surface area contributed by atoms with Gasteiger partial charge in [-0.2, -0.15) is 5.10 Å². The highest BCUT2D eigenvalue weighted by atomic mass is 35.5. The highest BCUT2D eigenvalue weighted by Gasteiger charge is 2.01. The molecule has 0 spiro atoms. The molecule has 0 unspecified atom stereocenters. The normalized spacial score (nSPS) is 10.9. The van der Waals surface area contributed by atoms with Crippen LogP contribution in [0, 0.1) is 0 Å². The van der Waals surface area contributed by atoms with E-state index in [0.29, 0.717) is 10.8 Å². The first-order chi connectivity index (χ1) is 11.5. The Morgan fingerprint density at radius 1 is 1.21 bits per heavy atom. The molecule has 3 N–H and O–H groups in total. The van der Waals surface area contributed by atoms with Crippen molar-refractivity contribution in [1.82, 2.24) is 5.43 Å². The maximum atomic E-state index is 11.8. The topological polar surface area (TPSA) is 76.7 Å². The monoisotopic (exact) mass is 359 g/mol. The maximum absolute atomic E-state index is 11.8. The molecule has 122 valence electrons. The van der Waals surface area contributed by atoms with E-state index in [1.165, 1.54) is 6.08 Å². The molecule has 2 aromatic carbocycles. The summed E-state index contributed by atoms with van der Waals surface area (Å²) in [4.78, 5) is 11.8. The van der Waals surface area contributed by atoms with E-state index in [-0.39, 0.29) is 5.11 Å². The Labute approximate surface area is 149 Å². The minimum Gasteiger partial charge on any atom is -0.423 e. The lowest BCUT2D eigenvalue weighted by Crippen LogP contribution is -2.23. The van der Waals surface area contributed by atoms with Crippen LogP contribution in [0.1, 0.15) is 11.1 Å². The molecule has 24 heavy (non-hydrogen) atoms. The number of nitrogens with two attached hydrogens (primary N) is 1. The van der Waals surface area contributed by atoms with E-state index in [9.17, 15) is 4.79 Å². The number of hydrogen-bond donors (Lipinski definition) is 2. The lowest BCUT2D eigenvalue weighted by molar-refractivity contribution is -0.128. The first-order valence-electron chi connectivity index (χ1n) is 6.87. The van der Waals surface area contributed by atoms with Crippen LogP contribution in [0.3, 0.4) is 0 Å². The Morgan fingerprint density at radius 3 is 2.58 bits per heavy atom. The number of carbonyl (C=O) groups is 1. The molecule has 0 fully saturated rings. The van der Waals surface area contributed by atoms with Gasteiger partial charge in [0.1, 0.15) is 5.75 Å². The lowest BCUT2D eigenvalue weighted by atomic mass is 10.2. The predicted molar refractivity (Wildman–Crippen MR) is 100 cm³/mol. The van der Waals surface area contributed by atoms with E-state index in [4.69, 9.17) is 22.1 Å². The molecule has 7 heteroatoms. The molecule has 5 nitrogen and oxygen atoms in total. The Hall–Kier alpha value is -2.70. The second-order valence-corrected chi connectivity index (χ2v) is 5.43. The summed E-state index contributed by atoms with van der Waals surface area (Å²) in [5, 5.41) is 4.48. The van der Waals surface area contributed by atoms with Gasteiger partial charge in [0.05, 0.1) is 6.21 Å². The molecule has 2 aromatic rings. The van der Waals surface area contributed by atoms with Gasteiger partial charge in [-0.05, 0) is 59.8 Å². The van der Waals surface area contributed by atoms with Gasteiger partial charge in [-0.3, -0.25) is 5.43 Å². The number of benzene rings is 2. The van der Waals surface area contributed by atoms with Gasteiger partial charge in [0.15, 0.2) is 5.11 Å². The summed E-state index contributed by atoms with van der Waals surface area (Å²) in [5.41, 5.74) is 9.24. The molecule has 2 rings (SSSR count). The highest BCUT2D eigenvalue weighted by Crippen LogP contribution is 2.17. The molecule has 0 aliphatic carbocycles. The quantitative estimate of drug-likeness (QED) is 0.214. The SMILES string of the molecule is NC(=S)N/N=C/c1ccc(OC(=O)/C=C/c2ccccc2Cl)cc1. The molecule has 0 aliphatic heterocycles. The second kappa shape index (κ2) is 8.81. The van der Waals surface area contributed by atoms with Crippen LogP contribution < -0.4 is 15.9 Å². The number of rotatable bonds is 5. The van der Waals surface area contributed by atoms with Gasteiger partial charge in [0.2, 0.25) is 0 Å². The summed E-state index contributed by atoms with van der Waals surface area (Å²) < 4.78 is 5.20. The van der Waals surface area contributed by atoms with Crippen LogP contribution in [0.5, 0.6) is 5.75 Å². The zero-order valence-corrected chi connectivity index (χ0v) is 14.1. The van der Waals surface area contributed by atoms with Crippen molar-refractivity contribution >= 4 is 47.2 Å². The van der Waals surface area contributed by atoms with Crippen LogP contribution in [-0.4, -0.2) is 17.3 Å². The molecule has 0 aliphatic rings. The second-order valence-electron chi connectivity index (χ2n) is 4.58. The number of esters is 1. The molecular weight excluding hydrogens is 346 g/mol. The largest absolute Gasteiger partial charge is 0.423 e. The Kier molecular flexibility index (Phi) is 6.48. The fourth-order valence-corrected chi connectivity index (χ4v) is 1.96. The van der Waals surface area contributed by atoms with Crippen LogP contribution in [0.15, 0.2) is 59.7 Å². The third-order valence-electron chi connectivity index (χ3n) is 2.79. The van der Waals surface area contributed by atoms with Crippen molar-refractivity contribution < 1.29 is 9.53 Å². The first kappa shape index (κ1) is 17.7. The fourth-order valence-electron chi connectivity index (χ4n) is 1.71. The first-order valence-corrected chi connectivity index (χ1v) is 7.66. The summed E-state index contributed by atoms with van der Waals surface area (Å²) in [7, 11) is 0. The van der Waals surface area contributed by atoms with Crippen LogP contribution in [0.2, 0.25) is 5.02 Å². The van der Waals surface area contributed by atoms with E-state index < -0.39 is 5.97 Å². The van der Waals surface area contributed by atoms with E-state index >= 15 is 0 Å². The Balaban J connectivity index is 1.93. The van der Waals surface area contributed by atoms with Crippen molar-refractivity contribution in [2.45, 2.75) is 0 Å². The Bertz CT molecular complexity index is 789. The van der Waals surface area contributed by atoms with E-state index in [0.717, 1.165) is 11.1 Å². The van der Waals surface area contributed by atoms with E-state index in [2.05, 4.69) is 22.7 Å². The van der Waals surface area contributed by atoms with Gasteiger partial charge in [-0.1, -0.05) is 29.8 Å². The predicted octanol–water partition coefficient (Wildman–Crippen LogP) is 3.13. The fraction of sp³-hybridized carbons (Fsp3) is 0. The van der Waals surface area contributed by atoms with Crippen LogP contribution in [-0.2, 0) is 4.79 Å². The number of nitrogens with zero attached hydrogens (tertiary/aromatic N) is 1. The average Bonchev–Trinajstić information content (AvgIpc) is 2.55. The standard InChI is InChI=1S/C17H14ClN3O2S/c18-15-4-2-1-3-13(15)7-10-16(22)23-14-8-5-12(6-9-14)11-20-21-17(19)24/h1-11H,(H3,19,21,24)/b10-7+,20-11+. The lowest BCUT2D eigenvalue weighted by Gasteiger charge is -2.02. The molecule has 0 bridgehead atoms. The zero-order valence-electron chi connectivity index (χ0n) is 12.5. The number of halogens is 1. The van der Waals surface area contributed by atoms with Crippen molar-refractivity contribution in [3.8, 4) is 5.75 Å². The summed E-state index contributed by atoms with van der Waals surface area (Å²) >= 11 is 10.6. The zero-order chi connectivity index (χ0) is 17.4.